The summed E-state index contributed by atoms with van der Waals surface area (Å²) in [5.41, 5.74) is 0.309. The number of hydrogen-bond acceptors (Lipinski definition) is 2. The highest BCUT2D eigenvalue weighted by Gasteiger charge is 2.30. The van der Waals surface area contributed by atoms with Crippen molar-refractivity contribution in [3.8, 4) is 5.75 Å². The molecule has 0 saturated heterocycles. The summed E-state index contributed by atoms with van der Waals surface area (Å²) in [4.78, 5) is 10.2. The number of rotatable bonds is 3. The second-order valence-corrected chi connectivity index (χ2v) is 2.79. The molecule has 0 unspecified atom stereocenters. The van der Waals surface area contributed by atoms with Gasteiger partial charge in [0.25, 0.3) is 0 Å². The molecule has 0 spiro atoms. The molecule has 0 aromatic heterocycles. The van der Waals surface area contributed by atoms with Crippen LogP contribution >= 0.6 is 0 Å². The van der Waals surface area contributed by atoms with Gasteiger partial charge in [-0.25, -0.2) is 4.79 Å². The van der Waals surface area contributed by atoms with Gasteiger partial charge in [-0.15, -0.1) is 13.2 Å². The van der Waals surface area contributed by atoms with E-state index in [-0.39, 0.29) is 5.75 Å². The summed E-state index contributed by atoms with van der Waals surface area (Å²) in [6, 6.07) is 5.02. The number of aliphatic carboxylic acids is 1. The molecule has 0 saturated carbocycles. The van der Waals surface area contributed by atoms with E-state index in [0.717, 1.165) is 18.2 Å². The Morgan fingerprint density at radius 3 is 2.62 bits per heavy atom. The third kappa shape index (κ3) is 4.50. The van der Waals surface area contributed by atoms with Crippen LogP contribution in [-0.2, 0) is 4.79 Å². The second-order valence-electron chi connectivity index (χ2n) is 2.79. The SMILES string of the molecule is O=C(O)/C=C/c1cccc(OC(F)(F)F)c1. The van der Waals surface area contributed by atoms with Crippen LogP contribution in [0.5, 0.6) is 5.75 Å². The Morgan fingerprint density at radius 1 is 1.38 bits per heavy atom. The van der Waals surface area contributed by atoms with E-state index in [9.17, 15) is 18.0 Å². The van der Waals surface area contributed by atoms with E-state index in [1.165, 1.54) is 18.2 Å². The van der Waals surface area contributed by atoms with Gasteiger partial charge < -0.3 is 9.84 Å². The lowest BCUT2D eigenvalue weighted by Gasteiger charge is -2.08. The fraction of sp³-hybridized carbons (Fsp3) is 0.100. The van der Waals surface area contributed by atoms with Crippen molar-refractivity contribution < 1.29 is 27.8 Å². The molecule has 0 atom stereocenters. The Bertz CT molecular complexity index is 410. The van der Waals surface area contributed by atoms with Crippen molar-refractivity contribution in [2.75, 3.05) is 0 Å². The van der Waals surface area contributed by atoms with E-state index in [2.05, 4.69) is 4.74 Å². The number of hydrogen-bond donors (Lipinski definition) is 1. The Kier molecular flexibility index (Phi) is 3.55. The van der Waals surface area contributed by atoms with Crippen LogP contribution in [0.2, 0.25) is 0 Å². The van der Waals surface area contributed by atoms with Gasteiger partial charge in [0.15, 0.2) is 0 Å². The van der Waals surface area contributed by atoms with Gasteiger partial charge in [-0.2, -0.15) is 0 Å². The number of halogens is 3. The van der Waals surface area contributed by atoms with Gasteiger partial charge in [0.05, 0.1) is 0 Å². The van der Waals surface area contributed by atoms with Gasteiger partial charge in [0, 0.05) is 6.08 Å². The zero-order valence-corrected chi connectivity index (χ0v) is 7.86. The zero-order chi connectivity index (χ0) is 12.2. The molecule has 1 aromatic rings. The molecule has 16 heavy (non-hydrogen) atoms. The van der Waals surface area contributed by atoms with Crippen LogP contribution in [-0.4, -0.2) is 17.4 Å². The van der Waals surface area contributed by atoms with E-state index in [1.54, 1.807) is 0 Å². The lowest BCUT2D eigenvalue weighted by atomic mass is 10.2. The molecule has 6 heteroatoms. The fourth-order valence-corrected chi connectivity index (χ4v) is 0.983. The molecule has 0 amide bonds. The summed E-state index contributed by atoms with van der Waals surface area (Å²) in [6.07, 6.45) is -2.76. The van der Waals surface area contributed by atoms with Crippen LogP contribution in [0, 0.1) is 0 Å². The Labute approximate surface area is 88.8 Å². The third-order valence-corrected chi connectivity index (χ3v) is 1.51. The molecule has 1 rings (SSSR count). The van der Waals surface area contributed by atoms with Crippen LogP contribution in [0.15, 0.2) is 30.3 Å². The first-order valence-corrected chi connectivity index (χ1v) is 4.13. The maximum atomic E-state index is 11.9. The number of carbonyl (C=O) groups is 1. The van der Waals surface area contributed by atoms with Crippen molar-refractivity contribution in [2.24, 2.45) is 0 Å². The molecule has 3 nitrogen and oxygen atoms in total. The molecular formula is C10H7F3O3. The molecule has 86 valence electrons. The van der Waals surface area contributed by atoms with Gasteiger partial charge in [0.2, 0.25) is 0 Å². The van der Waals surface area contributed by atoms with Gasteiger partial charge in [-0.1, -0.05) is 12.1 Å². The molecule has 0 aliphatic rings. The number of benzene rings is 1. The maximum absolute atomic E-state index is 11.9. The average molecular weight is 232 g/mol. The molecule has 1 N–H and O–H groups in total. The quantitative estimate of drug-likeness (QED) is 0.815. The monoisotopic (exact) mass is 232 g/mol. The highest BCUT2D eigenvalue weighted by molar-refractivity contribution is 5.85. The first kappa shape index (κ1) is 12.1. The van der Waals surface area contributed by atoms with Crippen LogP contribution in [0.25, 0.3) is 6.08 Å². The summed E-state index contributed by atoms with van der Waals surface area (Å²) in [5.74, 6) is -1.57. The highest BCUT2D eigenvalue weighted by atomic mass is 19.4. The summed E-state index contributed by atoms with van der Waals surface area (Å²) in [7, 11) is 0. The van der Waals surface area contributed by atoms with Crippen LogP contribution in [0.3, 0.4) is 0 Å². The van der Waals surface area contributed by atoms with Crippen molar-refractivity contribution in [1.29, 1.82) is 0 Å². The molecule has 0 aliphatic carbocycles. The molecule has 0 aliphatic heterocycles. The van der Waals surface area contributed by atoms with Crippen molar-refractivity contribution in [3.63, 3.8) is 0 Å². The Hall–Kier alpha value is -1.98. The summed E-state index contributed by atoms with van der Waals surface area (Å²) in [6.45, 7) is 0. The summed E-state index contributed by atoms with van der Waals surface area (Å²) < 4.78 is 39.2. The highest BCUT2D eigenvalue weighted by Crippen LogP contribution is 2.23. The second kappa shape index (κ2) is 4.69. The minimum Gasteiger partial charge on any atom is -0.478 e. The van der Waals surface area contributed by atoms with Crippen LogP contribution in [0.1, 0.15) is 5.56 Å². The largest absolute Gasteiger partial charge is 0.573 e. The van der Waals surface area contributed by atoms with E-state index >= 15 is 0 Å². The standard InChI is InChI=1S/C10H7F3O3/c11-10(12,13)16-8-3-1-2-7(6-8)4-5-9(14)15/h1-6H,(H,14,15)/b5-4+. The van der Waals surface area contributed by atoms with E-state index in [4.69, 9.17) is 5.11 Å². The Balaban J connectivity index is 2.83. The van der Waals surface area contributed by atoms with Gasteiger partial charge >= 0.3 is 12.3 Å². The smallest absolute Gasteiger partial charge is 0.478 e. The fourth-order valence-electron chi connectivity index (χ4n) is 0.983. The average Bonchev–Trinajstić information content (AvgIpc) is 2.12. The molecule has 1 aromatic carbocycles. The predicted molar refractivity (Wildman–Crippen MR) is 49.8 cm³/mol. The minimum absolute atomic E-state index is 0.309. The van der Waals surface area contributed by atoms with Crippen molar-refractivity contribution >= 4 is 12.0 Å². The molecular weight excluding hydrogens is 225 g/mol. The lowest BCUT2D eigenvalue weighted by Crippen LogP contribution is -2.17. The number of carboxylic acid groups (broad SMARTS) is 1. The third-order valence-electron chi connectivity index (χ3n) is 1.51. The molecule has 0 fully saturated rings. The number of alkyl halides is 3. The normalized spacial score (nSPS) is 11.7. The van der Waals surface area contributed by atoms with Crippen molar-refractivity contribution in [3.05, 3.63) is 35.9 Å². The van der Waals surface area contributed by atoms with Crippen molar-refractivity contribution in [1.82, 2.24) is 0 Å². The van der Waals surface area contributed by atoms with Gasteiger partial charge in [-0.05, 0) is 23.8 Å². The lowest BCUT2D eigenvalue weighted by molar-refractivity contribution is -0.274. The maximum Gasteiger partial charge on any atom is 0.573 e. The number of ether oxygens (including phenoxy) is 1. The Morgan fingerprint density at radius 2 is 2.06 bits per heavy atom. The summed E-state index contributed by atoms with van der Waals surface area (Å²) >= 11 is 0. The zero-order valence-electron chi connectivity index (χ0n) is 7.86. The molecule has 0 heterocycles. The van der Waals surface area contributed by atoms with Crippen LogP contribution in [0.4, 0.5) is 13.2 Å². The minimum atomic E-state index is -4.75. The first-order valence-electron chi connectivity index (χ1n) is 4.13. The first-order chi connectivity index (χ1) is 7.37. The molecule has 0 radical (unpaired) electrons. The predicted octanol–water partition coefficient (Wildman–Crippen LogP) is 2.68. The van der Waals surface area contributed by atoms with Crippen LogP contribution < -0.4 is 4.74 Å². The van der Waals surface area contributed by atoms with E-state index in [0.29, 0.717) is 5.56 Å². The van der Waals surface area contributed by atoms with Crippen molar-refractivity contribution in [2.45, 2.75) is 6.36 Å². The van der Waals surface area contributed by atoms with E-state index < -0.39 is 12.3 Å². The topological polar surface area (TPSA) is 46.5 Å². The van der Waals surface area contributed by atoms with E-state index in [1.807, 2.05) is 0 Å². The number of carboxylic acids is 1. The summed E-state index contributed by atoms with van der Waals surface area (Å²) in [5, 5.41) is 8.33. The van der Waals surface area contributed by atoms with Gasteiger partial charge in [-0.3, -0.25) is 0 Å². The molecule has 0 bridgehead atoms. The van der Waals surface area contributed by atoms with Gasteiger partial charge in [0.1, 0.15) is 5.75 Å².